The van der Waals surface area contributed by atoms with Gasteiger partial charge in [-0.15, -0.1) is 11.3 Å². The topological polar surface area (TPSA) is 91.0 Å². The zero-order valence-electron chi connectivity index (χ0n) is 21.3. The van der Waals surface area contributed by atoms with Crippen LogP contribution >= 0.6 is 34.5 Å². The van der Waals surface area contributed by atoms with Gasteiger partial charge in [0.2, 0.25) is 0 Å². The van der Waals surface area contributed by atoms with Gasteiger partial charge in [-0.1, -0.05) is 50.0 Å². The summed E-state index contributed by atoms with van der Waals surface area (Å²) >= 11 is 13.6. The van der Waals surface area contributed by atoms with Gasteiger partial charge in [-0.25, -0.2) is 9.59 Å². The number of nitrogens with one attached hydrogen (secondary N) is 2. The third kappa shape index (κ3) is 7.05. The molecule has 0 aliphatic carbocycles. The highest BCUT2D eigenvalue weighted by Crippen LogP contribution is 2.37. The first-order valence-corrected chi connectivity index (χ1v) is 13.2. The van der Waals surface area contributed by atoms with Gasteiger partial charge in [0, 0.05) is 31.1 Å². The lowest BCUT2D eigenvalue weighted by Gasteiger charge is -2.35. The summed E-state index contributed by atoms with van der Waals surface area (Å²) in [6.07, 6.45) is -0.390. The van der Waals surface area contributed by atoms with E-state index >= 15 is 0 Å². The minimum atomic E-state index is -0.583. The predicted octanol–water partition coefficient (Wildman–Crippen LogP) is 6.69. The normalized spacial score (nSPS) is 14.4. The summed E-state index contributed by atoms with van der Waals surface area (Å²) in [5, 5.41) is 6.49. The molecule has 11 heteroatoms. The number of nitrogens with zero attached hydrogens (tertiary/aromatic N) is 2. The number of thiophene rings is 1. The molecule has 2 aromatic rings. The van der Waals surface area contributed by atoms with Gasteiger partial charge in [-0.2, -0.15) is 0 Å². The Kier molecular flexibility index (Phi) is 8.48. The molecule has 1 aromatic carbocycles. The molecule has 2 N–H and O–H groups in total. The smallest absolute Gasteiger partial charge is 0.410 e. The number of urea groups is 1. The van der Waals surface area contributed by atoms with Crippen molar-refractivity contribution in [1.82, 2.24) is 9.80 Å². The Balaban J connectivity index is 1.75. The van der Waals surface area contributed by atoms with E-state index in [1.165, 1.54) is 11.3 Å². The number of halogens is 2. The summed E-state index contributed by atoms with van der Waals surface area (Å²) in [4.78, 5) is 42.9. The summed E-state index contributed by atoms with van der Waals surface area (Å²) < 4.78 is 5.44. The number of carbonyl (C=O) groups is 3. The van der Waals surface area contributed by atoms with Crippen LogP contribution in [0, 0.1) is 0 Å². The van der Waals surface area contributed by atoms with Crippen molar-refractivity contribution in [2.75, 3.05) is 36.8 Å². The van der Waals surface area contributed by atoms with Crippen LogP contribution in [0.2, 0.25) is 10.0 Å². The van der Waals surface area contributed by atoms with Gasteiger partial charge in [0.05, 0.1) is 21.3 Å². The maximum absolute atomic E-state index is 13.5. The fourth-order valence-corrected chi connectivity index (χ4v) is 4.91. The largest absolute Gasteiger partial charge is 0.444 e. The molecule has 4 amide bonds. The summed E-state index contributed by atoms with van der Waals surface area (Å²) in [7, 11) is 0. The van der Waals surface area contributed by atoms with E-state index in [0.717, 1.165) is 4.88 Å². The molecule has 1 aliphatic heterocycles. The van der Waals surface area contributed by atoms with Crippen LogP contribution in [0.3, 0.4) is 0 Å². The monoisotopic (exact) mass is 554 g/mol. The van der Waals surface area contributed by atoms with Crippen LogP contribution in [-0.2, 0) is 10.2 Å². The van der Waals surface area contributed by atoms with Crippen LogP contribution in [0.5, 0.6) is 0 Å². The zero-order chi connectivity index (χ0) is 26.8. The molecule has 0 saturated carbocycles. The van der Waals surface area contributed by atoms with Gasteiger partial charge in [-0.3, -0.25) is 10.1 Å². The van der Waals surface area contributed by atoms with E-state index in [2.05, 4.69) is 10.6 Å². The first-order valence-electron chi connectivity index (χ1n) is 11.6. The third-order valence-electron chi connectivity index (χ3n) is 5.35. The summed E-state index contributed by atoms with van der Waals surface area (Å²) in [5.74, 6) is -0.207. The highest BCUT2D eigenvalue weighted by Gasteiger charge is 2.31. The lowest BCUT2D eigenvalue weighted by molar-refractivity contribution is 0.0141. The number of piperazine rings is 1. The summed E-state index contributed by atoms with van der Waals surface area (Å²) in [5.41, 5.74) is -0.0362. The fourth-order valence-electron chi connectivity index (χ4n) is 3.46. The molecule has 1 aromatic heterocycles. The van der Waals surface area contributed by atoms with E-state index in [4.69, 9.17) is 27.9 Å². The number of amides is 4. The van der Waals surface area contributed by atoms with Crippen molar-refractivity contribution >= 4 is 63.3 Å². The third-order valence-corrected chi connectivity index (χ3v) is 7.64. The van der Waals surface area contributed by atoms with Crippen LogP contribution in [0.25, 0.3) is 0 Å². The van der Waals surface area contributed by atoms with Gasteiger partial charge in [0.1, 0.15) is 10.6 Å². The first-order chi connectivity index (χ1) is 16.7. The highest BCUT2D eigenvalue weighted by atomic mass is 35.5. The Morgan fingerprint density at radius 1 is 0.944 bits per heavy atom. The molecule has 0 unspecified atom stereocenters. The van der Waals surface area contributed by atoms with E-state index in [1.54, 1.807) is 28.0 Å². The Morgan fingerprint density at radius 2 is 1.56 bits per heavy atom. The second-order valence-electron chi connectivity index (χ2n) is 10.5. The molecule has 1 fully saturated rings. The second kappa shape index (κ2) is 10.9. The van der Waals surface area contributed by atoms with Gasteiger partial charge < -0.3 is 19.9 Å². The molecule has 36 heavy (non-hydrogen) atoms. The molecule has 0 bridgehead atoms. The quantitative estimate of drug-likeness (QED) is 0.442. The molecule has 1 saturated heterocycles. The Morgan fingerprint density at radius 3 is 2.14 bits per heavy atom. The van der Waals surface area contributed by atoms with E-state index in [-0.39, 0.29) is 22.4 Å². The van der Waals surface area contributed by atoms with Gasteiger partial charge in [0.25, 0.3) is 5.91 Å². The van der Waals surface area contributed by atoms with Crippen molar-refractivity contribution in [2.24, 2.45) is 0 Å². The molecule has 2 heterocycles. The number of anilines is 2. The van der Waals surface area contributed by atoms with Gasteiger partial charge in [-0.05, 0) is 44.4 Å². The molecule has 3 rings (SSSR count). The lowest BCUT2D eigenvalue weighted by atomic mass is 9.94. The summed E-state index contributed by atoms with van der Waals surface area (Å²) in [6, 6.07) is 6.24. The minimum Gasteiger partial charge on any atom is -0.444 e. The van der Waals surface area contributed by atoms with Crippen molar-refractivity contribution in [3.63, 3.8) is 0 Å². The number of carbonyl (C=O) groups excluding carboxylic acids is 3. The highest BCUT2D eigenvalue weighted by molar-refractivity contribution is 7.16. The van der Waals surface area contributed by atoms with Crippen molar-refractivity contribution in [1.29, 1.82) is 0 Å². The van der Waals surface area contributed by atoms with Crippen molar-refractivity contribution < 1.29 is 19.1 Å². The lowest BCUT2D eigenvalue weighted by Crippen LogP contribution is -2.51. The van der Waals surface area contributed by atoms with Crippen LogP contribution in [0.4, 0.5) is 20.3 Å². The van der Waals surface area contributed by atoms with Crippen LogP contribution < -0.4 is 10.6 Å². The molecule has 8 nitrogen and oxygen atoms in total. The van der Waals surface area contributed by atoms with E-state index in [1.807, 2.05) is 47.6 Å². The Labute approximate surface area is 225 Å². The molecule has 0 radical (unpaired) electrons. The van der Waals surface area contributed by atoms with Crippen LogP contribution in [0.15, 0.2) is 24.3 Å². The maximum atomic E-state index is 13.5. The minimum absolute atomic E-state index is 0.207. The molecular weight excluding hydrogens is 523 g/mol. The van der Waals surface area contributed by atoms with E-state index in [9.17, 15) is 14.4 Å². The van der Waals surface area contributed by atoms with Gasteiger partial charge >= 0.3 is 12.1 Å². The average molecular weight is 556 g/mol. The molecular formula is C25H32Cl2N4O4S. The number of rotatable bonds is 3. The van der Waals surface area contributed by atoms with Gasteiger partial charge in [0.15, 0.2) is 0 Å². The molecule has 196 valence electrons. The van der Waals surface area contributed by atoms with E-state index in [0.29, 0.717) is 47.5 Å². The van der Waals surface area contributed by atoms with Crippen LogP contribution in [0.1, 0.15) is 56.8 Å². The van der Waals surface area contributed by atoms with E-state index < -0.39 is 11.6 Å². The predicted molar refractivity (Wildman–Crippen MR) is 146 cm³/mol. The Bertz CT molecular complexity index is 1150. The number of hydrogen-bond donors (Lipinski definition) is 2. The average Bonchev–Trinajstić information content (AvgIpc) is 3.19. The molecule has 0 spiro atoms. The molecule has 1 aliphatic rings. The maximum Gasteiger partial charge on any atom is 0.410 e. The van der Waals surface area contributed by atoms with Crippen molar-refractivity contribution in [3.05, 3.63) is 44.8 Å². The number of ether oxygens (including phenoxy) is 1. The van der Waals surface area contributed by atoms with Crippen molar-refractivity contribution in [2.45, 2.75) is 52.6 Å². The first kappa shape index (κ1) is 28.1. The summed E-state index contributed by atoms with van der Waals surface area (Å²) in [6.45, 7) is 13.1. The Hall–Kier alpha value is -2.49. The SMILES string of the molecule is CC(C)(C)OC(=O)N1CCN(C(=O)c2cc(C(C)(C)C)sc2NC(=O)Nc2cccc(Cl)c2Cl)CC1. The van der Waals surface area contributed by atoms with Crippen molar-refractivity contribution in [3.8, 4) is 0 Å². The van der Waals surface area contributed by atoms with Crippen LogP contribution in [-0.4, -0.2) is 59.6 Å². The second-order valence-corrected chi connectivity index (χ2v) is 12.4. The standard InChI is InChI=1S/C25H32Cl2N4O4S/c1-24(2,3)18-14-15(20(36-18)29-22(33)28-17-9-7-8-16(26)19(17)27)21(32)30-10-12-31(13-11-30)23(34)35-25(4,5)6/h7-9,14H,10-13H2,1-6H3,(H2,28,29,33). The number of benzene rings is 1. The fraction of sp³-hybridized carbons (Fsp3) is 0.480. The molecule has 0 atom stereocenters. The zero-order valence-corrected chi connectivity index (χ0v) is 23.7. The number of hydrogen-bond acceptors (Lipinski definition) is 5.